The summed E-state index contributed by atoms with van der Waals surface area (Å²) >= 11 is 0. The minimum atomic E-state index is -0.376. The molecule has 0 aromatic rings. The summed E-state index contributed by atoms with van der Waals surface area (Å²) in [5.74, 6) is -0.645. The van der Waals surface area contributed by atoms with Crippen LogP contribution in [0, 0.1) is 5.92 Å². The lowest BCUT2D eigenvalue weighted by Gasteiger charge is -2.15. The van der Waals surface area contributed by atoms with Gasteiger partial charge in [0.05, 0.1) is 19.1 Å². The quantitative estimate of drug-likeness (QED) is 0.383. The average Bonchev–Trinajstić information content (AvgIpc) is 2.52. The molecule has 1 rings (SSSR count). The van der Waals surface area contributed by atoms with Crippen LogP contribution in [0.2, 0.25) is 0 Å². The summed E-state index contributed by atoms with van der Waals surface area (Å²) in [5, 5.41) is 11.5. The Morgan fingerprint density at radius 2 is 2.42 bits per heavy atom. The summed E-state index contributed by atoms with van der Waals surface area (Å²) in [6, 6.07) is 0.0298. The fraction of sp³-hybridized carbons (Fsp3) is 0.857. The van der Waals surface area contributed by atoms with E-state index in [0.29, 0.717) is 13.2 Å². The van der Waals surface area contributed by atoms with Crippen molar-refractivity contribution in [1.82, 2.24) is 10.8 Å². The van der Waals surface area contributed by atoms with Crippen molar-refractivity contribution in [1.29, 1.82) is 0 Å². The average molecular weight is 174 g/mol. The smallest absolute Gasteiger partial charge is 0.250 e. The maximum atomic E-state index is 11.0. The molecule has 2 unspecified atom stereocenters. The molecular formula is C7H14N2O3. The molecule has 12 heavy (non-hydrogen) atoms. The van der Waals surface area contributed by atoms with Gasteiger partial charge in [-0.3, -0.25) is 10.0 Å². The molecule has 70 valence electrons. The Hall–Kier alpha value is -0.650. The summed E-state index contributed by atoms with van der Waals surface area (Å²) in [5.41, 5.74) is 1.64. The molecule has 1 aliphatic heterocycles. The van der Waals surface area contributed by atoms with Gasteiger partial charge in [0.15, 0.2) is 0 Å². The second-order valence-electron chi connectivity index (χ2n) is 2.78. The van der Waals surface area contributed by atoms with Crippen LogP contribution in [0.3, 0.4) is 0 Å². The molecule has 0 bridgehead atoms. The highest BCUT2D eigenvalue weighted by molar-refractivity contribution is 5.78. The number of nitrogens with one attached hydrogen (secondary N) is 2. The van der Waals surface area contributed by atoms with Gasteiger partial charge < -0.3 is 10.1 Å². The van der Waals surface area contributed by atoms with Crippen LogP contribution >= 0.6 is 0 Å². The summed E-state index contributed by atoms with van der Waals surface area (Å²) in [6.45, 7) is 3.67. The molecule has 0 saturated carbocycles. The minimum absolute atomic E-state index is 0.0298. The van der Waals surface area contributed by atoms with E-state index in [1.54, 1.807) is 5.48 Å². The first-order valence-electron chi connectivity index (χ1n) is 4.04. The van der Waals surface area contributed by atoms with Crippen molar-refractivity contribution >= 4 is 5.91 Å². The van der Waals surface area contributed by atoms with E-state index < -0.39 is 0 Å². The van der Waals surface area contributed by atoms with Crippen molar-refractivity contribution in [3.05, 3.63) is 0 Å². The molecule has 1 aliphatic rings. The van der Waals surface area contributed by atoms with E-state index in [1.165, 1.54) is 0 Å². The van der Waals surface area contributed by atoms with Crippen LogP contribution in [0.15, 0.2) is 0 Å². The Bertz CT molecular complexity index is 163. The van der Waals surface area contributed by atoms with Gasteiger partial charge in [-0.25, -0.2) is 5.48 Å². The zero-order chi connectivity index (χ0) is 8.97. The van der Waals surface area contributed by atoms with Crippen molar-refractivity contribution in [2.45, 2.75) is 13.0 Å². The van der Waals surface area contributed by atoms with E-state index in [0.717, 1.165) is 6.54 Å². The van der Waals surface area contributed by atoms with Crippen molar-refractivity contribution < 1.29 is 14.7 Å². The molecular weight excluding hydrogens is 160 g/mol. The molecule has 5 nitrogen and oxygen atoms in total. The van der Waals surface area contributed by atoms with Gasteiger partial charge in [0, 0.05) is 6.04 Å². The minimum Gasteiger partial charge on any atom is -0.379 e. The number of carbonyl (C=O) groups is 1. The molecule has 0 spiro atoms. The summed E-state index contributed by atoms with van der Waals surface area (Å²) in [4.78, 5) is 11.0. The number of carbonyl (C=O) groups excluding carboxylic acids is 1. The molecule has 1 saturated heterocycles. The zero-order valence-electron chi connectivity index (χ0n) is 7.04. The first kappa shape index (κ1) is 9.44. The van der Waals surface area contributed by atoms with Gasteiger partial charge >= 0.3 is 0 Å². The SMILES string of the molecule is CCNC1COCC1C(=O)NO. The number of likely N-dealkylation sites (N-methyl/N-ethyl adjacent to an activating group) is 1. The fourth-order valence-electron chi connectivity index (χ4n) is 1.36. The highest BCUT2D eigenvalue weighted by Gasteiger charge is 2.33. The monoisotopic (exact) mass is 174 g/mol. The lowest BCUT2D eigenvalue weighted by atomic mass is 10.0. The van der Waals surface area contributed by atoms with Crippen LogP contribution in [-0.4, -0.2) is 36.9 Å². The Labute approximate surface area is 71.0 Å². The van der Waals surface area contributed by atoms with Crippen LogP contribution in [0.25, 0.3) is 0 Å². The summed E-state index contributed by atoms with van der Waals surface area (Å²) in [7, 11) is 0. The lowest BCUT2D eigenvalue weighted by Crippen LogP contribution is -2.43. The van der Waals surface area contributed by atoms with Gasteiger partial charge in [-0.05, 0) is 6.54 Å². The van der Waals surface area contributed by atoms with Gasteiger partial charge in [-0.1, -0.05) is 6.92 Å². The van der Waals surface area contributed by atoms with E-state index >= 15 is 0 Å². The summed E-state index contributed by atoms with van der Waals surface area (Å²) < 4.78 is 5.11. The summed E-state index contributed by atoms with van der Waals surface area (Å²) in [6.07, 6.45) is 0. The van der Waals surface area contributed by atoms with Gasteiger partial charge in [0.25, 0.3) is 0 Å². The Balaban J connectivity index is 2.45. The second kappa shape index (κ2) is 4.39. The van der Waals surface area contributed by atoms with E-state index in [2.05, 4.69) is 5.32 Å². The van der Waals surface area contributed by atoms with Crippen molar-refractivity contribution in [3.8, 4) is 0 Å². The van der Waals surface area contributed by atoms with Gasteiger partial charge in [-0.15, -0.1) is 0 Å². The number of amides is 1. The van der Waals surface area contributed by atoms with Gasteiger partial charge in [0.1, 0.15) is 0 Å². The molecule has 0 aliphatic carbocycles. The molecule has 0 aromatic carbocycles. The lowest BCUT2D eigenvalue weighted by molar-refractivity contribution is -0.133. The van der Waals surface area contributed by atoms with E-state index in [4.69, 9.17) is 9.94 Å². The molecule has 3 N–H and O–H groups in total. The van der Waals surface area contributed by atoms with Crippen LogP contribution in [0.1, 0.15) is 6.92 Å². The normalized spacial score (nSPS) is 28.8. The Kier molecular flexibility index (Phi) is 3.46. The van der Waals surface area contributed by atoms with Crippen molar-refractivity contribution in [3.63, 3.8) is 0 Å². The topological polar surface area (TPSA) is 70.6 Å². The third-order valence-corrected chi connectivity index (χ3v) is 1.99. The third-order valence-electron chi connectivity index (χ3n) is 1.99. The van der Waals surface area contributed by atoms with E-state index in [-0.39, 0.29) is 17.9 Å². The number of hydrogen-bond acceptors (Lipinski definition) is 4. The molecule has 2 atom stereocenters. The second-order valence-corrected chi connectivity index (χ2v) is 2.78. The Morgan fingerprint density at radius 1 is 1.67 bits per heavy atom. The third kappa shape index (κ3) is 1.94. The van der Waals surface area contributed by atoms with Crippen LogP contribution in [-0.2, 0) is 9.53 Å². The molecule has 1 fully saturated rings. The highest BCUT2D eigenvalue weighted by Crippen LogP contribution is 2.13. The maximum absolute atomic E-state index is 11.0. The van der Waals surface area contributed by atoms with Crippen molar-refractivity contribution in [2.75, 3.05) is 19.8 Å². The largest absolute Gasteiger partial charge is 0.379 e. The van der Waals surface area contributed by atoms with E-state index in [1.807, 2.05) is 6.92 Å². The van der Waals surface area contributed by atoms with Gasteiger partial charge in [0.2, 0.25) is 5.91 Å². The van der Waals surface area contributed by atoms with Crippen LogP contribution in [0.4, 0.5) is 0 Å². The predicted molar refractivity (Wildman–Crippen MR) is 41.7 cm³/mol. The molecule has 0 aromatic heterocycles. The van der Waals surface area contributed by atoms with Crippen LogP contribution in [0.5, 0.6) is 0 Å². The Morgan fingerprint density at radius 3 is 3.00 bits per heavy atom. The first-order valence-corrected chi connectivity index (χ1v) is 4.04. The number of ether oxygens (including phenoxy) is 1. The van der Waals surface area contributed by atoms with E-state index in [9.17, 15) is 4.79 Å². The zero-order valence-corrected chi connectivity index (χ0v) is 7.04. The molecule has 1 heterocycles. The van der Waals surface area contributed by atoms with Crippen molar-refractivity contribution in [2.24, 2.45) is 5.92 Å². The standard InChI is InChI=1S/C7H14N2O3/c1-2-8-6-4-12-3-5(6)7(10)9-11/h5-6,8,11H,2-4H2,1H3,(H,9,10). The fourth-order valence-corrected chi connectivity index (χ4v) is 1.36. The van der Waals surface area contributed by atoms with Gasteiger partial charge in [-0.2, -0.15) is 0 Å². The number of hydroxylamine groups is 1. The molecule has 0 radical (unpaired) electrons. The number of hydrogen-bond donors (Lipinski definition) is 3. The first-order chi connectivity index (χ1) is 5.79. The maximum Gasteiger partial charge on any atom is 0.250 e. The highest BCUT2D eigenvalue weighted by atomic mass is 16.5. The predicted octanol–water partition coefficient (Wildman–Crippen LogP) is -0.884. The number of rotatable bonds is 3. The molecule has 1 amide bonds. The molecule has 5 heteroatoms. The van der Waals surface area contributed by atoms with Crippen LogP contribution < -0.4 is 10.8 Å².